The van der Waals surface area contributed by atoms with Gasteiger partial charge in [0.2, 0.25) is 0 Å². The average Bonchev–Trinajstić information content (AvgIpc) is 2.46. The van der Waals surface area contributed by atoms with Crippen molar-refractivity contribution in [3.63, 3.8) is 0 Å². The summed E-state index contributed by atoms with van der Waals surface area (Å²) < 4.78 is 7.66. The number of rotatable bonds is 5. The van der Waals surface area contributed by atoms with Crippen LogP contribution in [0, 0.1) is 14.1 Å². The molecule has 1 unspecified atom stereocenters. The lowest BCUT2D eigenvalue weighted by Gasteiger charge is -2.14. The summed E-state index contributed by atoms with van der Waals surface area (Å²) in [6, 6.07) is 8.03. The summed E-state index contributed by atoms with van der Waals surface area (Å²) in [5, 5.41) is 20.4. The average molecular weight is 539 g/mol. The zero-order chi connectivity index (χ0) is 17.1. The zero-order valence-electron chi connectivity index (χ0n) is 12.3. The van der Waals surface area contributed by atoms with Crippen molar-refractivity contribution in [1.29, 1.82) is 0 Å². The van der Waals surface area contributed by atoms with E-state index in [1.807, 2.05) is 12.1 Å². The van der Waals surface area contributed by atoms with Gasteiger partial charge in [-0.15, -0.1) is 0 Å². The number of carboxylic acids is 1. The first-order valence-corrected chi connectivity index (χ1v) is 8.93. The molecular weight excluding hydrogens is 524 g/mol. The predicted molar refractivity (Wildman–Crippen MR) is 100 cm³/mol. The smallest absolute Gasteiger partial charge is 0.154 e. The summed E-state index contributed by atoms with van der Waals surface area (Å²) in [5.41, 5.74) is 5.19. The number of aliphatic carboxylic acids is 1. The Hall–Kier alpha value is -1.07. The summed E-state index contributed by atoms with van der Waals surface area (Å²) in [6.07, 6.45) is 0.312. The summed E-state index contributed by atoms with van der Waals surface area (Å²) in [5.74, 6) is 0.401. The van der Waals surface area contributed by atoms with Crippen LogP contribution in [0.5, 0.6) is 17.2 Å². The summed E-state index contributed by atoms with van der Waals surface area (Å²) >= 11 is 4.31. The fourth-order valence-electron chi connectivity index (χ4n) is 2.00. The Morgan fingerprint density at radius 2 is 1.91 bits per heavy atom. The van der Waals surface area contributed by atoms with E-state index in [4.69, 9.17) is 4.74 Å². The Kier molecular flexibility index (Phi) is 6.09. The second-order valence-electron chi connectivity index (χ2n) is 5.16. The van der Waals surface area contributed by atoms with Crippen molar-refractivity contribution in [3.8, 4) is 17.2 Å². The number of hydrogen-bond acceptors (Lipinski definition) is 4. The molecule has 122 valence electrons. The van der Waals surface area contributed by atoms with E-state index in [0.717, 1.165) is 18.3 Å². The number of carbonyl (C=O) groups is 1. The monoisotopic (exact) mass is 539 g/mol. The number of hydrogen-bond donors (Lipinski definition) is 2. The Labute approximate surface area is 161 Å². The molecule has 0 aliphatic rings. The molecule has 0 amide bonds. The highest BCUT2D eigenvalue weighted by molar-refractivity contribution is 14.1. The van der Waals surface area contributed by atoms with E-state index in [-0.39, 0.29) is 5.75 Å². The number of ether oxygens (including phenoxy) is 1. The van der Waals surface area contributed by atoms with E-state index >= 15 is 0 Å². The van der Waals surface area contributed by atoms with E-state index in [9.17, 15) is 15.0 Å². The molecule has 0 aliphatic carbocycles. The topological polar surface area (TPSA) is 97.2 Å². The summed E-state index contributed by atoms with van der Waals surface area (Å²) in [4.78, 5) is 10.8. The van der Waals surface area contributed by atoms with E-state index in [1.54, 1.807) is 25.1 Å². The number of halogens is 2. The molecule has 0 aliphatic heterocycles. The van der Waals surface area contributed by atoms with Crippen LogP contribution in [0.25, 0.3) is 0 Å². The Morgan fingerprint density at radius 3 is 2.43 bits per heavy atom. The first kappa shape index (κ1) is 18.3. The van der Waals surface area contributed by atoms with Crippen molar-refractivity contribution in [2.75, 3.05) is 0 Å². The first-order valence-electron chi connectivity index (χ1n) is 6.77. The molecule has 2 rings (SSSR count). The van der Waals surface area contributed by atoms with Gasteiger partial charge in [0.25, 0.3) is 0 Å². The molecule has 0 aromatic heterocycles. The number of carbonyl (C=O) groups excluding carboxylic acids is 1. The molecule has 23 heavy (non-hydrogen) atoms. The van der Waals surface area contributed by atoms with Crippen LogP contribution in [0.3, 0.4) is 0 Å². The second kappa shape index (κ2) is 7.67. The van der Waals surface area contributed by atoms with Crippen LogP contribution >= 0.6 is 45.2 Å². The molecule has 1 atom stereocenters. The molecule has 5 nitrogen and oxygen atoms in total. The lowest BCUT2D eigenvalue weighted by molar-refractivity contribution is -0.437. The molecule has 7 heteroatoms. The molecule has 0 heterocycles. The molecule has 0 spiro atoms. The quantitative estimate of drug-likeness (QED) is 0.565. The number of quaternary nitrogens is 1. The number of carboxylic acid groups (broad SMARTS) is 1. The molecule has 2 aromatic rings. The highest BCUT2D eigenvalue weighted by Gasteiger charge is 2.14. The van der Waals surface area contributed by atoms with Crippen molar-refractivity contribution >= 4 is 51.2 Å². The van der Waals surface area contributed by atoms with E-state index in [2.05, 4.69) is 50.9 Å². The molecule has 4 N–H and O–H groups in total. The van der Waals surface area contributed by atoms with E-state index in [0.29, 0.717) is 17.9 Å². The maximum Gasteiger partial charge on any atom is 0.154 e. The number of aromatic hydroxyl groups is 1. The molecule has 0 radical (unpaired) electrons. The first-order chi connectivity index (χ1) is 10.8. The van der Waals surface area contributed by atoms with Crippen molar-refractivity contribution in [2.24, 2.45) is 0 Å². The van der Waals surface area contributed by atoms with Gasteiger partial charge in [0.15, 0.2) is 5.75 Å². The lowest BCUT2D eigenvalue weighted by atomic mass is 10.1. The fourth-order valence-corrected chi connectivity index (χ4v) is 4.12. The van der Waals surface area contributed by atoms with Crippen molar-refractivity contribution < 1.29 is 25.5 Å². The van der Waals surface area contributed by atoms with Crippen molar-refractivity contribution in [3.05, 3.63) is 48.6 Å². The Morgan fingerprint density at radius 1 is 1.30 bits per heavy atom. The maximum absolute atomic E-state index is 10.8. The predicted octanol–water partition coefficient (Wildman–Crippen LogP) is 1.61. The van der Waals surface area contributed by atoms with Gasteiger partial charge >= 0.3 is 0 Å². The number of benzene rings is 2. The van der Waals surface area contributed by atoms with Gasteiger partial charge in [-0.1, -0.05) is 0 Å². The van der Waals surface area contributed by atoms with Gasteiger partial charge in [-0.3, -0.25) is 0 Å². The normalized spacial score (nSPS) is 12.0. The van der Waals surface area contributed by atoms with Crippen LogP contribution in [0.4, 0.5) is 0 Å². The standard InChI is InChI=1S/C16H15I2NO4/c1-8-4-10(2-3-14(8)20)23-15-11(17)5-9(6-12(15)18)7-13(19)16(21)22/h2-6,13,20H,7,19H2,1H3,(H,21,22). The third-order valence-electron chi connectivity index (χ3n) is 3.26. The molecule has 2 aromatic carbocycles. The van der Waals surface area contributed by atoms with Gasteiger partial charge in [0, 0.05) is 6.42 Å². The minimum Gasteiger partial charge on any atom is -0.544 e. The summed E-state index contributed by atoms with van der Waals surface area (Å²) in [6.45, 7) is 1.80. The highest BCUT2D eigenvalue weighted by atomic mass is 127. The van der Waals surface area contributed by atoms with Gasteiger partial charge in [-0.2, -0.15) is 0 Å². The van der Waals surface area contributed by atoms with Crippen LogP contribution in [0.15, 0.2) is 30.3 Å². The van der Waals surface area contributed by atoms with Gasteiger partial charge in [0.1, 0.15) is 17.5 Å². The van der Waals surface area contributed by atoms with E-state index < -0.39 is 12.0 Å². The van der Waals surface area contributed by atoms with Crippen LogP contribution in [-0.4, -0.2) is 17.1 Å². The van der Waals surface area contributed by atoms with Gasteiger partial charge < -0.3 is 25.5 Å². The van der Waals surface area contributed by atoms with Crippen LogP contribution in [-0.2, 0) is 11.2 Å². The third kappa shape index (κ3) is 4.70. The largest absolute Gasteiger partial charge is 0.544 e. The number of aryl methyl sites for hydroxylation is 1. The Bertz CT molecular complexity index is 726. The maximum atomic E-state index is 10.8. The molecule has 0 bridgehead atoms. The van der Waals surface area contributed by atoms with Crippen LogP contribution < -0.4 is 15.6 Å². The SMILES string of the molecule is Cc1cc(Oc2c(I)cc(CC([NH3+])C(=O)[O-])cc2I)ccc1O. The molecule has 0 fully saturated rings. The lowest BCUT2D eigenvalue weighted by Crippen LogP contribution is -2.69. The van der Waals surface area contributed by atoms with Gasteiger partial charge in [0.05, 0.1) is 13.1 Å². The minimum absolute atomic E-state index is 0.223. The van der Waals surface area contributed by atoms with Crippen LogP contribution in [0.1, 0.15) is 11.1 Å². The zero-order valence-corrected chi connectivity index (χ0v) is 16.6. The fraction of sp³-hybridized carbons (Fsp3) is 0.188. The Balaban J connectivity index is 2.26. The highest BCUT2D eigenvalue weighted by Crippen LogP contribution is 2.34. The van der Waals surface area contributed by atoms with Gasteiger partial charge in [-0.05, 0) is 93.6 Å². The van der Waals surface area contributed by atoms with E-state index in [1.165, 1.54) is 0 Å². The minimum atomic E-state index is -1.16. The molecule has 0 saturated heterocycles. The third-order valence-corrected chi connectivity index (χ3v) is 4.86. The van der Waals surface area contributed by atoms with Gasteiger partial charge in [-0.25, -0.2) is 0 Å². The second-order valence-corrected chi connectivity index (χ2v) is 7.48. The summed E-state index contributed by atoms with van der Waals surface area (Å²) in [7, 11) is 0. The van der Waals surface area contributed by atoms with Crippen LogP contribution in [0.2, 0.25) is 0 Å². The van der Waals surface area contributed by atoms with Crippen molar-refractivity contribution in [2.45, 2.75) is 19.4 Å². The molecular formula is C16H15I2NO4. The molecule has 0 saturated carbocycles. The number of phenolic OH excluding ortho intramolecular Hbond substituents is 1. The number of phenols is 1. The van der Waals surface area contributed by atoms with Crippen molar-refractivity contribution in [1.82, 2.24) is 0 Å².